The van der Waals surface area contributed by atoms with E-state index < -0.39 is 0 Å². The van der Waals surface area contributed by atoms with Crippen LogP contribution in [0.2, 0.25) is 0 Å². The second kappa shape index (κ2) is 3.98. The Kier molecular flexibility index (Phi) is 2.48. The second-order valence-corrected chi connectivity index (χ2v) is 4.91. The maximum Gasteiger partial charge on any atom is 0.137 e. The Morgan fingerprint density at radius 3 is 2.75 bits per heavy atom. The molecule has 1 aromatic heterocycles. The van der Waals surface area contributed by atoms with Gasteiger partial charge in [-0.3, -0.25) is 0 Å². The first kappa shape index (κ1) is 9.97. The summed E-state index contributed by atoms with van der Waals surface area (Å²) in [6, 6.07) is 10.7. The van der Waals surface area contributed by atoms with Gasteiger partial charge in [0.05, 0.1) is 11.8 Å². The molecule has 0 saturated heterocycles. The van der Waals surface area contributed by atoms with Crippen LogP contribution in [0.4, 0.5) is 5.69 Å². The molecule has 1 saturated carbocycles. The van der Waals surface area contributed by atoms with Crippen LogP contribution in [-0.4, -0.2) is 6.04 Å². The lowest BCUT2D eigenvalue weighted by Gasteiger charge is -2.11. The van der Waals surface area contributed by atoms with Crippen LogP contribution in [0, 0.1) is 0 Å². The molecule has 0 spiro atoms. The fourth-order valence-electron chi connectivity index (χ4n) is 1.76. The zero-order valence-electron chi connectivity index (χ0n) is 8.74. The minimum Gasteiger partial charge on any atom is -0.464 e. The van der Waals surface area contributed by atoms with Gasteiger partial charge in [0, 0.05) is 16.2 Å². The summed E-state index contributed by atoms with van der Waals surface area (Å²) in [4.78, 5) is 0. The number of hydrogen-bond acceptors (Lipinski definition) is 2. The van der Waals surface area contributed by atoms with E-state index in [0.717, 1.165) is 21.5 Å². The van der Waals surface area contributed by atoms with E-state index >= 15 is 0 Å². The standard InChI is InChI=1S/C13H12BrNO/c14-10-3-1-4-11(15-9-6-7-9)13(10)12-5-2-8-16-12/h1-5,8-9,15H,6-7H2. The van der Waals surface area contributed by atoms with Gasteiger partial charge in [-0.15, -0.1) is 0 Å². The fraction of sp³-hybridized carbons (Fsp3) is 0.231. The Bertz CT molecular complexity index is 489. The van der Waals surface area contributed by atoms with Crippen molar-refractivity contribution in [1.29, 1.82) is 0 Å². The molecule has 0 bridgehead atoms. The van der Waals surface area contributed by atoms with Gasteiger partial charge in [0.1, 0.15) is 5.76 Å². The molecule has 0 atom stereocenters. The fourth-order valence-corrected chi connectivity index (χ4v) is 2.32. The van der Waals surface area contributed by atoms with E-state index in [-0.39, 0.29) is 0 Å². The van der Waals surface area contributed by atoms with Gasteiger partial charge in [-0.25, -0.2) is 0 Å². The SMILES string of the molecule is Brc1cccc(NC2CC2)c1-c1ccco1. The number of nitrogens with one attached hydrogen (secondary N) is 1. The normalized spacial score (nSPS) is 15.1. The van der Waals surface area contributed by atoms with Crippen molar-refractivity contribution >= 4 is 21.6 Å². The molecule has 82 valence electrons. The molecule has 0 unspecified atom stereocenters. The van der Waals surface area contributed by atoms with Crippen LogP contribution in [0.1, 0.15) is 12.8 Å². The highest BCUT2D eigenvalue weighted by molar-refractivity contribution is 9.10. The molecule has 3 heteroatoms. The van der Waals surface area contributed by atoms with Gasteiger partial charge in [0.2, 0.25) is 0 Å². The average molecular weight is 278 g/mol. The molecule has 0 radical (unpaired) electrons. The van der Waals surface area contributed by atoms with Crippen LogP contribution in [-0.2, 0) is 0 Å². The largest absolute Gasteiger partial charge is 0.464 e. The lowest BCUT2D eigenvalue weighted by molar-refractivity contribution is 0.582. The molecule has 1 aliphatic carbocycles. The maximum atomic E-state index is 5.47. The highest BCUT2D eigenvalue weighted by atomic mass is 79.9. The number of hydrogen-bond donors (Lipinski definition) is 1. The monoisotopic (exact) mass is 277 g/mol. The van der Waals surface area contributed by atoms with E-state index in [1.54, 1.807) is 6.26 Å². The third-order valence-electron chi connectivity index (χ3n) is 2.72. The first-order chi connectivity index (χ1) is 7.84. The Morgan fingerprint density at radius 1 is 1.19 bits per heavy atom. The third-order valence-corrected chi connectivity index (χ3v) is 3.38. The minimum atomic E-state index is 0.642. The Balaban J connectivity index is 2.05. The molecule has 1 aliphatic rings. The summed E-state index contributed by atoms with van der Waals surface area (Å²) < 4.78 is 6.54. The summed E-state index contributed by atoms with van der Waals surface area (Å²) in [5.41, 5.74) is 2.26. The van der Waals surface area contributed by atoms with Crippen LogP contribution in [0.3, 0.4) is 0 Å². The molecule has 2 nitrogen and oxygen atoms in total. The Labute approximate surface area is 103 Å². The summed E-state index contributed by atoms with van der Waals surface area (Å²) in [6.45, 7) is 0. The first-order valence-electron chi connectivity index (χ1n) is 5.43. The van der Waals surface area contributed by atoms with Crippen molar-refractivity contribution in [3.05, 3.63) is 41.1 Å². The topological polar surface area (TPSA) is 25.2 Å². The van der Waals surface area contributed by atoms with Gasteiger partial charge in [-0.2, -0.15) is 0 Å². The molecule has 3 rings (SSSR count). The van der Waals surface area contributed by atoms with E-state index in [2.05, 4.69) is 27.3 Å². The summed E-state index contributed by atoms with van der Waals surface area (Å²) in [5.74, 6) is 0.899. The number of rotatable bonds is 3. The van der Waals surface area contributed by atoms with Gasteiger partial charge < -0.3 is 9.73 Å². The highest BCUT2D eigenvalue weighted by Crippen LogP contribution is 2.37. The van der Waals surface area contributed by atoms with E-state index in [4.69, 9.17) is 4.42 Å². The van der Waals surface area contributed by atoms with Crippen molar-refractivity contribution in [3.8, 4) is 11.3 Å². The van der Waals surface area contributed by atoms with Crippen molar-refractivity contribution in [2.45, 2.75) is 18.9 Å². The van der Waals surface area contributed by atoms with Crippen molar-refractivity contribution in [1.82, 2.24) is 0 Å². The van der Waals surface area contributed by atoms with E-state index in [1.807, 2.05) is 24.3 Å². The molecule has 2 aromatic rings. The van der Waals surface area contributed by atoms with Gasteiger partial charge in [0.25, 0.3) is 0 Å². The summed E-state index contributed by atoms with van der Waals surface area (Å²) in [5, 5.41) is 3.52. The molecular formula is C13H12BrNO. The van der Waals surface area contributed by atoms with E-state index in [9.17, 15) is 0 Å². The lowest BCUT2D eigenvalue weighted by atomic mass is 10.1. The van der Waals surface area contributed by atoms with Gasteiger partial charge in [-0.1, -0.05) is 6.07 Å². The quantitative estimate of drug-likeness (QED) is 0.906. The van der Waals surface area contributed by atoms with Gasteiger partial charge in [0.15, 0.2) is 0 Å². The van der Waals surface area contributed by atoms with Crippen molar-refractivity contribution in [2.75, 3.05) is 5.32 Å². The zero-order valence-corrected chi connectivity index (χ0v) is 10.3. The molecule has 1 N–H and O–H groups in total. The Morgan fingerprint density at radius 2 is 2.06 bits per heavy atom. The van der Waals surface area contributed by atoms with Crippen molar-refractivity contribution < 1.29 is 4.42 Å². The maximum absolute atomic E-state index is 5.47. The predicted molar refractivity (Wildman–Crippen MR) is 68.5 cm³/mol. The molecule has 1 fully saturated rings. The molecule has 1 heterocycles. The van der Waals surface area contributed by atoms with Crippen LogP contribution in [0.25, 0.3) is 11.3 Å². The molecular weight excluding hydrogens is 266 g/mol. The predicted octanol–water partition coefficient (Wildman–Crippen LogP) is 4.28. The molecule has 0 amide bonds. The smallest absolute Gasteiger partial charge is 0.137 e. The first-order valence-corrected chi connectivity index (χ1v) is 6.23. The molecule has 0 aliphatic heterocycles. The summed E-state index contributed by atoms with van der Waals surface area (Å²) in [7, 11) is 0. The Hall–Kier alpha value is -1.22. The van der Waals surface area contributed by atoms with Crippen molar-refractivity contribution in [2.24, 2.45) is 0 Å². The molecule has 16 heavy (non-hydrogen) atoms. The molecule has 1 aromatic carbocycles. The second-order valence-electron chi connectivity index (χ2n) is 4.06. The summed E-state index contributed by atoms with van der Waals surface area (Å²) >= 11 is 3.58. The number of benzene rings is 1. The average Bonchev–Trinajstić information content (AvgIpc) is 2.93. The van der Waals surface area contributed by atoms with Crippen LogP contribution in [0.15, 0.2) is 45.5 Å². The minimum absolute atomic E-state index is 0.642. The third kappa shape index (κ3) is 1.87. The lowest BCUT2D eigenvalue weighted by Crippen LogP contribution is -2.02. The van der Waals surface area contributed by atoms with Gasteiger partial charge in [-0.05, 0) is 53.0 Å². The van der Waals surface area contributed by atoms with E-state index in [0.29, 0.717) is 6.04 Å². The number of anilines is 1. The van der Waals surface area contributed by atoms with Crippen LogP contribution >= 0.6 is 15.9 Å². The van der Waals surface area contributed by atoms with Crippen molar-refractivity contribution in [3.63, 3.8) is 0 Å². The van der Waals surface area contributed by atoms with Crippen LogP contribution in [0.5, 0.6) is 0 Å². The van der Waals surface area contributed by atoms with Crippen LogP contribution < -0.4 is 5.32 Å². The van der Waals surface area contributed by atoms with Gasteiger partial charge >= 0.3 is 0 Å². The number of furan rings is 1. The zero-order chi connectivity index (χ0) is 11.0. The summed E-state index contributed by atoms with van der Waals surface area (Å²) in [6.07, 6.45) is 4.24. The highest BCUT2D eigenvalue weighted by Gasteiger charge is 2.23. The number of halogens is 1. The van der Waals surface area contributed by atoms with E-state index in [1.165, 1.54) is 12.8 Å².